The second-order valence-electron chi connectivity index (χ2n) is 4.46. The lowest BCUT2D eigenvalue weighted by molar-refractivity contribution is 0.442. The van der Waals surface area contributed by atoms with Crippen molar-refractivity contribution in [2.24, 2.45) is 0 Å². The zero-order valence-electron chi connectivity index (χ0n) is 11.2. The van der Waals surface area contributed by atoms with E-state index in [4.69, 9.17) is 4.42 Å². The molecule has 19 heavy (non-hydrogen) atoms. The van der Waals surface area contributed by atoms with E-state index in [1.165, 1.54) is 5.56 Å². The molecule has 1 aromatic carbocycles. The molecule has 4 heteroatoms. The van der Waals surface area contributed by atoms with Gasteiger partial charge in [-0.25, -0.2) is 0 Å². The predicted octanol–water partition coefficient (Wildman–Crippen LogP) is 4.76. The Morgan fingerprint density at radius 1 is 1.16 bits per heavy atom. The van der Waals surface area contributed by atoms with Crippen LogP contribution in [0.3, 0.4) is 0 Å². The fourth-order valence-electron chi connectivity index (χ4n) is 1.86. The summed E-state index contributed by atoms with van der Waals surface area (Å²) in [5.74, 6) is 2.97. The van der Waals surface area contributed by atoms with Crippen LogP contribution in [0.15, 0.2) is 45.3 Å². The van der Waals surface area contributed by atoms with Crippen LogP contribution in [0.5, 0.6) is 0 Å². The third-order valence-corrected chi connectivity index (χ3v) is 4.06. The number of furan rings is 1. The minimum absolute atomic E-state index is 0.308. The van der Waals surface area contributed by atoms with Gasteiger partial charge in [-0.1, -0.05) is 28.1 Å². The van der Waals surface area contributed by atoms with Crippen LogP contribution in [0.25, 0.3) is 0 Å². The van der Waals surface area contributed by atoms with E-state index in [1.54, 1.807) is 11.8 Å². The SMILES string of the molecule is CSCc1ccc(CN[C@@H](C)c2ccc(Br)cc2)o1. The molecule has 0 fully saturated rings. The number of hydrogen-bond donors (Lipinski definition) is 1. The molecule has 1 heterocycles. The first-order valence-electron chi connectivity index (χ1n) is 6.24. The van der Waals surface area contributed by atoms with Gasteiger partial charge in [0.05, 0.1) is 12.3 Å². The normalized spacial score (nSPS) is 12.6. The number of benzene rings is 1. The van der Waals surface area contributed by atoms with Crippen molar-refractivity contribution < 1.29 is 4.42 Å². The standard InChI is InChI=1S/C15H18BrNOS/c1-11(12-3-5-13(16)6-4-12)17-9-14-7-8-15(18-14)10-19-2/h3-8,11,17H,9-10H2,1-2H3/t11-/m0/s1. The average Bonchev–Trinajstić information content (AvgIpc) is 2.85. The lowest BCUT2D eigenvalue weighted by Gasteiger charge is -2.13. The van der Waals surface area contributed by atoms with Crippen molar-refractivity contribution in [3.8, 4) is 0 Å². The third kappa shape index (κ3) is 4.41. The summed E-state index contributed by atoms with van der Waals surface area (Å²) in [7, 11) is 0. The summed E-state index contributed by atoms with van der Waals surface area (Å²) in [5.41, 5.74) is 1.28. The molecule has 0 unspecified atom stereocenters. The van der Waals surface area contributed by atoms with Gasteiger partial charge in [-0.05, 0) is 43.0 Å². The Bertz CT molecular complexity index is 509. The van der Waals surface area contributed by atoms with Gasteiger partial charge in [-0.15, -0.1) is 0 Å². The molecule has 0 aliphatic carbocycles. The number of nitrogens with one attached hydrogen (secondary N) is 1. The lowest BCUT2D eigenvalue weighted by atomic mass is 10.1. The van der Waals surface area contributed by atoms with Crippen molar-refractivity contribution in [2.45, 2.75) is 25.3 Å². The summed E-state index contributed by atoms with van der Waals surface area (Å²) in [6, 6.07) is 12.8. The predicted molar refractivity (Wildman–Crippen MR) is 85.3 cm³/mol. The monoisotopic (exact) mass is 339 g/mol. The van der Waals surface area contributed by atoms with Gasteiger partial charge in [0.2, 0.25) is 0 Å². The Morgan fingerprint density at radius 2 is 1.84 bits per heavy atom. The van der Waals surface area contributed by atoms with Gasteiger partial charge in [0, 0.05) is 10.5 Å². The first-order valence-corrected chi connectivity index (χ1v) is 8.43. The Labute approximate surface area is 127 Å². The molecule has 0 saturated heterocycles. The number of rotatable bonds is 6. The highest BCUT2D eigenvalue weighted by Gasteiger charge is 2.06. The molecule has 102 valence electrons. The van der Waals surface area contributed by atoms with Gasteiger partial charge < -0.3 is 9.73 Å². The van der Waals surface area contributed by atoms with E-state index in [2.05, 4.69) is 64.8 Å². The first-order chi connectivity index (χ1) is 9.19. The zero-order chi connectivity index (χ0) is 13.7. The number of thioether (sulfide) groups is 1. The molecule has 1 N–H and O–H groups in total. The molecule has 0 amide bonds. The van der Waals surface area contributed by atoms with Crippen molar-refractivity contribution in [3.63, 3.8) is 0 Å². The van der Waals surface area contributed by atoms with Crippen LogP contribution >= 0.6 is 27.7 Å². The van der Waals surface area contributed by atoms with Gasteiger partial charge in [-0.2, -0.15) is 11.8 Å². The smallest absolute Gasteiger partial charge is 0.118 e. The number of hydrogen-bond acceptors (Lipinski definition) is 3. The molecular weight excluding hydrogens is 322 g/mol. The van der Waals surface area contributed by atoms with E-state index in [9.17, 15) is 0 Å². The highest BCUT2D eigenvalue weighted by molar-refractivity contribution is 9.10. The van der Waals surface area contributed by atoms with Crippen LogP contribution in [0.4, 0.5) is 0 Å². The van der Waals surface area contributed by atoms with Crippen LogP contribution in [-0.2, 0) is 12.3 Å². The third-order valence-electron chi connectivity index (χ3n) is 2.96. The molecule has 0 radical (unpaired) electrons. The zero-order valence-corrected chi connectivity index (χ0v) is 13.6. The van der Waals surface area contributed by atoms with Crippen LogP contribution in [0.2, 0.25) is 0 Å². The van der Waals surface area contributed by atoms with Crippen LogP contribution in [0.1, 0.15) is 30.0 Å². The van der Waals surface area contributed by atoms with E-state index < -0.39 is 0 Å². The molecule has 1 atom stereocenters. The van der Waals surface area contributed by atoms with Crippen molar-refractivity contribution in [1.29, 1.82) is 0 Å². The topological polar surface area (TPSA) is 25.2 Å². The molecule has 2 rings (SSSR count). The van der Waals surface area contributed by atoms with Gasteiger partial charge >= 0.3 is 0 Å². The molecule has 0 aliphatic rings. The van der Waals surface area contributed by atoms with Crippen LogP contribution < -0.4 is 5.32 Å². The largest absolute Gasteiger partial charge is 0.464 e. The Kier molecular flexibility index (Phi) is 5.55. The van der Waals surface area contributed by atoms with E-state index in [-0.39, 0.29) is 0 Å². The maximum atomic E-state index is 5.74. The summed E-state index contributed by atoms with van der Waals surface area (Å²) in [6.45, 7) is 2.92. The fraction of sp³-hybridized carbons (Fsp3) is 0.333. The maximum Gasteiger partial charge on any atom is 0.118 e. The Hall–Kier alpha value is -0.710. The molecule has 0 saturated carbocycles. The highest BCUT2D eigenvalue weighted by atomic mass is 79.9. The minimum atomic E-state index is 0.308. The summed E-state index contributed by atoms with van der Waals surface area (Å²) in [6.07, 6.45) is 2.08. The van der Waals surface area contributed by atoms with Crippen molar-refractivity contribution in [1.82, 2.24) is 5.32 Å². The van der Waals surface area contributed by atoms with E-state index in [0.29, 0.717) is 6.04 Å². The molecule has 2 aromatic rings. The molecule has 0 spiro atoms. The fourth-order valence-corrected chi connectivity index (χ4v) is 2.56. The number of halogens is 1. The Balaban J connectivity index is 1.88. The second-order valence-corrected chi connectivity index (χ2v) is 6.24. The summed E-state index contributed by atoms with van der Waals surface area (Å²) >= 11 is 5.22. The van der Waals surface area contributed by atoms with Crippen molar-refractivity contribution in [3.05, 3.63) is 58.0 Å². The molecule has 0 bridgehead atoms. The molecule has 2 nitrogen and oxygen atoms in total. The summed E-state index contributed by atoms with van der Waals surface area (Å²) in [4.78, 5) is 0. The van der Waals surface area contributed by atoms with Crippen LogP contribution in [0, 0.1) is 0 Å². The van der Waals surface area contributed by atoms with Gasteiger partial charge in [0.25, 0.3) is 0 Å². The average molecular weight is 340 g/mol. The quantitative estimate of drug-likeness (QED) is 0.821. The van der Waals surface area contributed by atoms with E-state index in [1.807, 2.05) is 6.07 Å². The maximum absolute atomic E-state index is 5.74. The molecule has 0 aliphatic heterocycles. The molecule has 1 aromatic heterocycles. The van der Waals surface area contributed by atoms with E-state index >= 15 is 0 Å². The van der Waals surface area contributed by atoms with Crippen LogP contribution in [-0.4, -0.2) is 6.26 Å². The van der Waals surface area contributed by atoms with Gasteiger partial charge in [0.15, 0.2) is 0 Å². The highest BCUT2D eigenvalue weighted by Crippen LogP contribution is 2.18. The summed E-state index contributed by atoms with van der Waals surface area (Å²) in [5, 5.41) is 3.47. The van der Waals surface area contributed by atoms with Crippen molar-refractivity contribution in [2.75, 3.05) is 6.26 Å². The van der Waals surface area contributed by atoms with Gasteiger partial charge in [-0.3, -0.25) is 0 Å². The van der Waals surface area contributed by atoms with Gasteiger partial charge in [0.1, 0.15) is 11.5 Å². The Morgan fingerprint density at radius 3 is 2.53 bits per heavy atom. The molecular formula is C15H18BrNOS. The second kappa shape index (κ2) is 7.17. The van der Waals surface area contributed by atoms with Crippen molar-refractivity contribution >= 4 is 27.7 Å². The van der Waals surface area contributed by atoms with E-state index in [0.717, 1.165) is 28.3 Å². The minimum Gasteiger partial charge on any atom is -0.464 e. The first kappa shape index (κ1) is 14.7. The lowest BCUT2D eigenvalue weighted by Crippen LogP contribution is -2.17. The summed E-state index contributed by atoms with van der Waals surface area (Å²) < 4.78 is 6.85.